The van der Waals surface area contributed by atoms with Crippen LogP contribution in [0.5, 0.6) is 0 Å². The molecule has 0 saturated carbocycles. The van der Waals surface area contributed by atoms with Gasteiger partial charge in [0.05, 0.1) is 5.56 Å². The van der Waals surface area contributed by atoms with Crippen LogP contribution in [0.15, 0.2) is 34.5 Å². The summed E-state index contributed by atoms with van der Waals surface area (Å²) in [5.41, 5.74) is -0.576. The van der Waals surface area contributed by atoms with Crippen molar-refractivity contribution < 1.29 is 4.79 Å². The van der Waals surface area contributed by atoms with Crippen molar-refractivity contribution in [3.63, 3.8) is 0 Å². The highest BCUT2D eigenvalue weighted by molar-refractivity contribution is 5.91. The van der Waals surface area contributed by atoms with Crippen LogP contribution in [0.1, 0.15) is 5.56 Å². The van der Waals surface area contributed by atoms with Gasteiger partial charge in [0.2, 0.25) is 5.91 Å². The molecule has 0 aromatic carbocycles. The van der Waals surface area contributed by atoms with Crippen LogP contribution in [-0.4, -0.2) is 21.6 Å². The number of amides is 1. The molecule has 1 heterocycles. The van der Waals surface area contributed by atoms with E-state index in [0.717, 1.165) is 4.57 Å². The molecule has 1 aromatic heterocycles. The number of aryl methyl sites for hydroxylation is 1. The average molecular weight is 249 g/mol. The van der Waals surface area contributed by atoms with E-state index in [1.807, 2.05) is 0 Å². The van der Waals surface area contributed by atoms with Gasteiger partial charge in [0.1, 0.15) is 0 Å². The molecule has 18 heavy (non-hydrogen) atoms. The Morgan fingerprint density at radius 3 is 2.72 bits per heavy atom. The maximum Gasteiger partial charge on any atom is 0.330 e. The first-order valence-electron chi connectivity index (χ1n) is 5.31. The van der Waals surface area contributed by atoms with Crippen molar-refractivity contribution in [1.82, 2.24) is 14.5 Å². The minimum absolute atomic E-state index is 0.272. The third kappa shape index (κ3) is 3.07. The molecule has 1 rings (SSSR count). The van der Waals surface area contributed by atoms with E-state index in [4.69, 9.17) is 0 Å². The standard InChI is InChI=1S/C12H15N3O3/c1-4-7-13-10(16)6-5-9-8-14(2)12(18)15(3)11(9)17/h4-6,8H,1,7H2,2-3H3,(H,13,16). The molecule has 0 bridgehead atoms. The van der Waals surface area contributed by atoms with Crippen LogP contribution < -0.4 is 16.6 Å². The fourth-order valence-corrected chi connectivity index (χ4v) is 1.35. The molecule has 0 aliphatic carbocycles. The molecule has 0 radical (unpaired) electrons. The largest absolute Gasteiger partial charge is 0.349 e. The van der Waals surface area contributed by atoms with Crippen molar-refractivity contribution in [1.29, 1.82) is 0 Å². The van der Waals surface area contributed by atoms with Gasteiger partial charge in [-0.15, -0.1) is 6.58 Å². The predicted octanol–water partition coefficient (Wildman–Crippen LogP) is -0.601. The molecule has 0 spiro atoms. The first-order chi connectivity index (χ1) is 8.47. The Balaban J connectivity index is 3.02. The molecule has 0 aliphatic rings. The maximum atomic E-state index is 11.7. The Kier molecular flexibility index (Phi) is 4.42. The van der Waals surface area contributed by atoms with Gasteiger partial charge < -0.3 is 9.88 Å². The van der Waals surface area contributed by atoms with E-state index in [1.54, 1.807) is 6.08 Å². The predicted molar refractivity (Wildman–Crippen MR) is 69.2 cm³/mol. The van der Waals surface area contributed by atoms with Crippen LogP contribution in [0, 0.1) is 0 Å². The Bertz CT molecular complexity index is 608. The number of nitrogens with zero attached hydrogens (tertiary/aromatic N) is 2. The Morgan fingerprint density at radius 2 is 2.11 bits per heavy atom. The summed E-state index contributed by atoms with van der Waals surface area (Å²) in [6.45, 7) is 3.82. The van der Waals surface area contributed by atoms with Gasteiger partial charge in [0.25, 0.3) is 5.56 Å². The number of carbonyl (C=O) groups is 1. The Labute approximate surface area is 104 Å². The molecule has 1 aromatic rings. The molecule has 0 unspecified atom stereocenters. The lowest BCUT2D eigenvalue weighted by Gasteiger charge is -2.03. The smallest absolute Gasteiger partial charge is 0.330 e. The highest BCUT2D eigenvalue weighted by Gasteiger charge is 2.04. The lowest BCUT2D eigenvalue weighted by Crippen LogP contribution is -2.37. The van der Waals surface area contributed by atoms with Gasteiger partial charge in [0.15, 0.2) is 0 Å². The summed E-state index contributed by atoms with van der Waals surface area (Å²) in [5.74, 6) is -0.328. The highest BCUT2D eigenvalue weighted by Crippen LogP contribution is 1.91. The van der Waals surface area contributed by atoms with Gasteiger partial charge in [-0.3, -0.25) is 14.2 Å². The molecule has 0 fully saturated rings. The SMILES string of the molecule is C=CCNC(=O)C=Cc1cn(C)c(=O)n(C)c1=O. The van der Waals surface area contributed by atoms with Crippen LogP contribution in [0.4, 0.5) is 0 Å². The molecule has 96 valence electrons. The second kappa shape index (κ2) is 5.81. The number of hydrogen-bond donors (Lipinski definition) is 1. The summed E-state index contributed by atoms with van der Waals surface area (Å²) in [4.78, 5) is 34.5. The van der Waals surface area contributed by atoms with E-state index >= 15 is 0 Å². The van der Waals surface area contributed by atoms with Crippen molar-refractivity contribution in [2.75, 3.05) is 6.54 Å². The number of carbonyl (C=O) groups excluding carboxylic acids is 1. The van der Waals surface area contributed by atoms with Crippen LogP contribution in [0.2, 0.25) is 0 Å². The Morgan fingerprint density at radius 1 is 1.44 bits per heavy atom. The molecule has 6 heteroatoms. The van der Waals surface area contributed by atoms with Crippen LogP contribution in [-0.2, 0) is 18.9 Å². The second-order valence-electron chi connectivity index (χ2n) is 3.71. The third-order valence-electron chi connectivity index (χ3n) is 2.31. The van der Waals surface area contributed by atoms with E-state index in [9.17, 15) is 14.4 Å². The number of aromatic nitrogens is 2. The highest BCUT2D eigenvalue weighted by atomic mass is 16.2. The number of nitrogens with one attached hydrogen (secondary N) is 1. The molecule has 0 atom stereocenters. The first kappa shape index (κ1) is 13.7. The normalized spacial score (nSPS) is 10.6. The van der Waals surface area contributed by atoms with Crippen LogP contribution in [0.25, 0.3) is 6.08 Å². The van der Waals surface area contributed by atoms with Crippen molar-refractivity contribution >= 4 is 12.0 Å². The van der Waals surface area contributed by atoms with Gasteiger partial charge >= 0.3 is 5.69 Å². The van der Waals surface area contributed by atoms with Gasteiger partial charge in [-0.25, -0.2) is 4.79 Å². The van der Waals surface area contributed by atoms with Gasteiger partial charge in [-0.1, -0.05) is 6.08 Å². The summed E-state index contributed by atoms with van der Waals surface area (Å²) in [7, 11) is 2.93. The monoisotopic (exact) mass is 249 g/mol. The number of rotatable bonds is 4. The fourth-order valence-electron chi connectivity index (χ4n) is 1.35. The molecular formula is C12H15N3O3. The van der Waals surface area contributed by atoms with Gasteiger partial charge in [-0.05, 0) is 6.08 Å². The average Bonchev–Trinajstić information content (AvgIpc) is 2.36. The lowest BCUT2D eigenvalue weighted by molar-refractivity contribution is -0.116. The van der Waals surface area contributed by atoms with Gasteiger partial charge in [0, 0.05) is 32.9 Å². The second-order valence-corrected chi connectivity index (χ2v) is 3.71. The lowest BCUT2D eigenvalue weighted by atomic mass is 10.3. The van der Waals surface area contributed by atoms with Crippen LogP contribution >= 0.6 is 0 Å². The van der Waals surface area contributed by atoms with E-state index in [-0.39, 0.29) is 11.5 Å². The molecule has 6 nitrogen and oxygen atoms in total. The molecule has 1 N–H and O–H groups in total. The van der Waals surface area contributed by atoms with E-state index in [0.29, 0.717) is 6.54 Å². The van der Waals surface area contributed by atoms with E-state index < -0.39 is 11.2 Å². The zero-order chi connectivity index (χ0) is 13.7. The quantitative estimate of drug-likeness (QED) is 0.572. The third-order valence-corrected chi connectivity index (χ3v) is 2.31. The summed E-state index contributed by atoms with van der Waals surface area (Å²) in [6, 6.07) is 0. The van der Waals surface area contributed by atoms with E-state index in [1.165, 1.54) is 37.0 Å². The first-order valence-corrected chi connectivity index (χ1v) is 5.31. The zero-order valence-corrected chi connectivity index (χ0v) is 10.3. The minimum Gasteiger partial charge on any atom is -0.349 e. The number of hydrogen-bond acceptors (Lipinski definition) is 3. The van der Waals surface area contributed by atoms with Crippen molar-refractivity contribution in [3.05, 3.63) is 51.3 Å². The Hall–Kier alpha value is -2.37. The van der Waals surface area contributed by atoms with E-state index in [2.05, 4.69) is 11.9 Å². The molecule has 0 saturated heterocycles. The minimum atomic E-state index is -0.439. The van der Waals surface area contributed by atoms with Gasteiger partial charge in [-0.2, -0.15) is 0 Å². The molecular weight excluding hydrogens is 234 g/mol. The summed E-state index contributed by atoms with van der Waals surface area (Å²) >= 11 is 0. The van der Waals surface area contributed by atoms with Crippen LogP contribution in [0.3, 0.4) is 0 Å². The summed E-state index contributed by atoms with van der Waals surface area (Å²) < 4.78 is 2.27. The zero-order valence-electron chi connectivity index (χ0n) is 10.3. The van der Waals surface area contributed by atoms with Crippen molar-refractivity contribution in [2.24, 2.45) is 14.1 Å². The maximum absolute atomic E-state index is 11.7. The molecule has 0 aliphatic heterocycles. The topological polar surface area (TPSA) is 73.1 Å². The fraction of sp³-hybridized carbons (Fsp3) is 0.250. The summed E-state index contributed by atoms with van der Waals surface area (Å²) in [5, 5.41) is 2.54. The van der Waals surface area contributed by atoms with Crippen molar-refractivity contribution in [2.45, 2.75) is 0 Å². The summed E-state index contributed by atoms with van der Waals surface area (Å²) in [6.07, 6.45) is 5.56. The molecule has 1 amide bonds. The van der Waals surface area contributed by atoms with Crippen molar-refractivity contribution in [3.8, 4) is 0 Å².